The van der Waals surface area contributed by atoms with Crippen LogP contribution in [0, 0.1) is 0 Å². The molecule has 0 fully saturated rings. The average molecular weight is 469 g/mol. The van der Waals surface area contributed by atoms with E-state index in [1.54, 1.807) is 0 Å². The van der Waals surface area contributed by atoms with E-state index in [0.717, 1.165) is 26.7 Å². The highest BCUT2D eigenvalue weighted by molar-refractivity contribution is 9.10. The molecule has 4 aromatic carbocycles. The summed E-state index contributed by atoms with van der Waals surface area (Å²) in [4.78, 5) is 0. The molecule has 0 aliphatic carbocycles. The third-order valence-corrected chi connectivity index (χ3v) is 5.62. The van der Waals surface area contributed by atoms with Crippen LogP contribution in [0.1, 0.15) is 22.3 Å². The van der Waals surface area contributed by atoms with Crippen LogP contribution in [-0.2, 0) is 5.54 Å². The van der Waals surface area contributed by atoms with Crippen molar-refractivity contribution in [2.75, 3.05) is 0 Å². The van der Waals surface area contributed by atoms with Gasteiger partial charge in [0.1, 0.15) is 0 Å². The average Bonchev–Trinajstić information content (AvgIpc) is 2.85. The first kappa shape index (κ1) is 20.7. The predicted molar refractivity (Wildman–Crippen MR) is 129 cm³/mol. The summed E-state index contributed by atoms with van der Waals surface area (Å²) in [6.45, 7) is 0. The smallest absolute Gasteiger partial charge is 0.200 e. The van der Waals surface area contributed by atoms with Crippen molar-refractivity contribution >= 4 is 21.8 Å². The molecule has 0 spiro atoms. The van der Waals surface area contributed by atoms with Gasteiger partial charge in [-0.25, -0.2) is 0 Å². The summed E-state index contributed by atoms with van der Waals surface area (Å²) in [5.74, 6) is 6.07. The van der Waals surface area contributed by atoms with E-state index < -0.39 is 5.54 Å². The minimum absolute atomic E-state index is 0.361. The number of azo groups is 1. The Morgan fingerprint density at radius 2 is 1.03 bits per heavy atom. The number of rotatable bonds is 5. The number of amidine groups is 1. The highest BCUT2D eigenvalue weighted by Crippen LogP contribution is 2.41. The molecular weight excluding hydrogens is 448 g/mol. The van der Waals surface area contributed by atoms with Crippen LogP contribution in [0.4, 0.5) is 0 Å². The highest BCUT2D eigenvalue weighted by Gasteiger charge is 2.36. The molecule has 0 aromatic heterocycles. The normalized spacial score (nSPS) is 12.2. The Labute approximate surface area is 190 Å². The second-order valence-corrected chi connectivity index (χ2v) is 7.88. The molecule has 31 heavy (non-hydrogen) atoms. The van der Waals surface area contributed by atoms with Gasteiger partial charge in [-0.15, -0.1) is 5.11 Å². The molecule has 0 atom stereocenters. The Morgan fingerprint density at radius 3 is 1.42 bits per heavy atom. The molecule has 0 unspecified atom stereocenters. The molecule has 0 bridgehead atoms. The first-order valence-corrected chi connectivity index (χ1v) is 10.7. The molecular formula is C26H21BrN4. The van der Waals surface area contributed by atoms with Crippen molar-refractivity contribution in [1.29, 1.82) is 0 Å². The third-order valence-electron chi connectivity index (χ3n) is 5.09. The number of nitrogens with two attached hydrogens (primary N) is 1. The summed E-state index contributed by atoms with van der Waals surface area (Å²) in [6, 6.07) is 38.1. The lowest BCUT2D eigenvalue weighted by molar-refractivity contribution is 0.621. The van der Waals surface area contributed by atoms with Gasteiger partial charge in [-0.1, -0.05) is 107 Å². The van der Waals surface area contributed by atoms with Crippen LogP contribution in [0.15, 0.2) is 135 Å². The minimum Gasteiger partial charge on any atom is -0.321 e. The molecule has 0 saturated heterocycles. The van der Waals surface area contributed by atoms with E-state index in [4.69, 9.17) is 11.0 Å². The summed E-state index contributed by atoms with van der Waals surface area (Å²) < 4.78 is 0.969. The zero-order valence-electron chi connectivity index (χ0n) is 16.8. The van der Waals surface area contributed by atoms with Crippen LogP contribution in [-0.4, -0.2) is 5.84 Å². The summed E-state index contributed by atoms with van der Waals surface area (Å²) >= 11 is 3.45. The fourth-order valence-electron chi connectivity index (χ4n) is 3.59. The van der Waals surface area contributed by atoms with Crippen molar-refractivity contribution < 1.29 is 0 Å². The van der Waals surface area contributed by atoms with Crippen molar-refractivity contribution in [1.82, 2.24) is 0 Å². The largest absolute Gasteiger partial charge is 0.321 e. The van der Waals surface area contributed by atoms with Crippen LogP contribution in [0.2, 0.25) is 0 Å². The molecule has 152 valence electrons. The van der Waals surface area contributed by atoms with Crippen molar-refractivity contribution in [3.8, 4) is 0 Å². The van der Waals surface area contributed by atoms with Gasteiger partial charge in [0.05, 0.1) is 0 Å². The Bertz CT molecular complexity index is 1080. The lowest BCUT2D eigenvalue weighted by Gasteiger charge is -2.30. The highest BCUT2D eigenvalue weighted by atomic mass is 79.9. The fraction of sp³-hybridized carbons (Fsp3) is 0.0385. The van der Waals surface area contributed by atoms with Gasteiger partial charge in [-0.05, 0) is 41.0 Å². The SMILES string of the molecule is N/N=C(\N=NC(c1ccccc1)(c1ccccc1)c1ccccc1)c1ccc(Br)cc1. The van der Waals surface area contributed by atoms with Crippen molar-refractivity contribution in [2.24, 2.45) is 21.2 Å². The Kier molecular flexibility index (Phi) is 6.34. The topological polar surface area (TPSA) is 63.1 Å². The molecule has 4 nitrogen and oxygen atoms in total. The number of benzene rings is 4. The van der Waals surface area contributed by atoms with E-state index >= 15 is 0 Å². The molecule has 0 amide bonds. The Balaban J connectivity index is 1.94. The van der Waals surface area contributed by atoms with Crippen LogP contribution >= 0.6 is 15.9 Å². The monoisotopic (exact) mass is 468 g/mol. The van der Waals surface area contributed by atoms with Gasteiger partial charge in [-0.3, -0.25) is 0 Å². The van der Waals surface area contributed by atoms with E-state index in [2.05, 4.69) is 62.5 Å². The van der Waals surface area contributed by atoms with E-state index in [1.807, 2.05) is 78.9 Å². The number of nitrogens with zero attached hydrogens (tertiary/aromatic N) is 3. The lowest BCUT2D eigenvalue weighted by atomic mass is 9.78. The Morgan fingerprint density at radius 1 is 0.613 bits per heavy atom. The van der Waals surface area contributed by atoms with Gasteiger partial charge in [0, 0.05) is 10.0 Å². The molecule has 0 radical (unpaired) electrons. The molecule has 0 aliphatic heterocycles. The van der Waals surface area contributed by atoms with Gasteiger partial charge in [0.2, 0.25) is 0 Å². The molecule has 4 aromatic rings. The molecule has 5 heteroatoms. The van der Waals surface area contributed by atoms with E-state index in [0.29, 0.717) is 5.84 Å². The number of hydrogen-bond donors (Lipinski definition) is 1. The second-order valence-electron chi connectivity index (χ2n) is 6.97. The van der Waals surface area contributed by atoms with Gasteiger partial charge in [-0.2, -0.15) is 10.2 Å². The van der Waals surface area contributed by atoms with Crippen molar-refractivity contribution in [3.05, 3.63) is 142 Å². The first-order chi connectivity index (χ1) is 15.2. The maximum Gasteiger partial charge on any atom is 0.200 e. The molecule has 0 saturated carbocycles. The minimum atomic E-state index is -0.852. The van der Waals surface area contributed by atoms with Gasteiger partial charge >= 0.3 is 0 Å². The van der Waals surface area contributed by atoms with Gasteiger partial charge in [0.25, 0.3) is 0 Å². The quantitative estimate of drug-likeness (QED) is 0.0888. The molecule has 0 heterocycles. The number of halogens is 1. The molecule has 0 aliphatic rings. The van der Waals surface area contributed by atoms with E-state index in [1.165, 1.54) is 0 Å². The van der Waals surface area contributed by atoms with Gasteiger partial charge < -0.3 is 5.84 Å². The lowest BCUT2D eigenvalue weighted by Crippen LogP contribution is -2.27. The Hall–Kier alpha value is -3.57. The first-order valence-electron chi connectivity index (χ1n) is 9.87. The predicted octanol–water partition coefficient (Wildman–Crippen LogP) is 6.51. The standard InChI is InChI=1S/C26H21BrN4/c27-24-18-16-20(17-19-24)25(29-28)30-31-26(21-10-4-1-5-11-21,22-12-6-2-7-13-22)23-14-8-3-9-15-23/h1-19H,28H2/b29-25-,31-30?. The molecule has 4 rings (SSSR count). The number of hydrazone groups is 1. The summed E-state index contributed by atoms with van der Waals surface area (Å²) in [7, 11) is 0. The van der Waals surface area contributed by atoms with Crippen LogP contribution in [0.5, 0.6) is 0 Å². The summed E-state index contributed by atoms with van der Waals surface area (Å²) in [5.41, 5.74) is 2.95. The summed E-state index contributed by atoms with van der Waals surface area (Å²) in [6.07, 6.45) is 0. The summed E-state index contributed by atoms with van der Waals surface area (Å²) in [5, 5.41) is 13.4. The van der Waals surface area contributed by atoms with Crippen molar-refractivity contribution in [3.63, 3.8) is 0 Å². The van der Waals surface area contributed by atoms with Gasteiger partial charge in [0.15, 0.2) is 11.4 Å². The maximum absolute atomic E-state index is 5.71. The zero-order valence-corrected chi connectivity index (χ0v) is 18.4. The van der Waals surface area contributed by atoms with Crippen LogP contribution < -0.4 is 5.84 Å². The third kappa shape index (κ3) is 4.32. The second kappa shape index (κ2) is 9.49. The maximum atomic E-state index is 5.71. The van der Waals surface area contributed by atoms with Crippen LogP contribution in [0.3, 0.4) is 0 Å². The fourth-order valence-corrected chi connectivity index (χ4v) is 3.86. The van der Waals surface area contributed by atoms with E-state index in [9.17, 15) is 0 Å². The van der Waals surface area contributed by atoms with E-state index in [-0.39, 0.29) is 0 Å². The zero-order chi connectivity index (χ0) is 21.5. The van der Waals surface area contributed by atoms with Crippen LogP contribution in [0.25, 0.3) is 0 Å². The molecule has 2 N–H and O–H groups in total. The van der Waals surface area contributed by atoms with Crippen molar-refractivity contribution in [2.45, 2.75) is 5.54 Å². The number of hydrogen-bond acceptors (Lipinski definition) is 3.